The highest BCUT2D eigenvalue weighted by atomic mass is 16.5. The topological polar surface area (TPSA) is 55.0 Å². The highest BCUT2D eigenvalue weighted by Crippen LogP contribution is 2.20. The normalized spacial score (nSPS) is 10.4. The second-order valence-electron chi connectivity index (χ2n) is 5.04. The van der Waals surface area contributed by atoms with Crippen LogP contribution in [-0.4, -0.2) is 17.1 Å². The molecule has 0 N–H and O–H groups in total. The molecule has 0 bridgehead atoms. The lowest BCUT2D eigenvalue weighted by Gasteiger charge is -2.07. The Kier molecular flexibility index (Phi) is 3.63. The molecule has 4 nitrogen and oxygen atoms in total. The van der Waals surface area contributed by atoms with Crippen LogP contribution in [0.4, 0.5) is 0 Å². The first-order valence-electron chi connectivity index (χ1n) is 6.92. The minimum atomic E-state index is -0.209. The molecule has 0 saturated carbocycles. The van der Waals surface area contributed by atoms with Gasteiger partial charge in [-0.3, -0.25) is 9.36 Å². The van der Waals surface area contributed by atoms with Gasteiger partial charge in [0.1, 0.15) is 11.8 Å². The van der Waals surface area contributed by atoms with Crippen molar-refractivity contribution in [3.05, 3.63) is 65.9 Å². The van der Waals surface area contributed by atoms with Gasteiger partial charge in [-0.05, 0) is 30.7 Å². The molecule has 0 aliphatic rings. The van der Waals surface area contributed by atoms with E-state index >= 15 is 0 Å². The summed E-state index contributed by atoms with van der Waals surface area (Å²) in [7, 11) is 0. The number of carbonyl (C=O) groups is 1. The van der Waals surface area contributed by atoms with Crippen molar-refractivity contribution < 1.29 is 9.53 Å². The van der Waals surface area contributed by atoms with E-state index in [1.807, 2.05) is 55.5 Å². The Morgan fingerprint density at radius 1 is 1.23 bits per heavy atom. The molecule has 0 amide bonds. The summed E-state index contributed by atoms with van der Waals surface area (Å²) in [5.41, 5.74) is 2.28. The Balaban J connectivity index is 1.85. The van der Waals surface area contributed by atoms with E-state index in [0.29, 0.717) is 11.3 Å². The number of hydrogen-bond acceptors (Lipinski definition) is 3. The van der Waals surface area contributed by atoms with Crippen LogP contribution in [0.5, 0.6) is 5.75 Å². The molecule has 0 spiro atoms. The monoisotopic (exact) mass is 290 g/mol. The second kappa shape index (κ2) is 5.74. The zero-order valence-corrected chi connectivity index (χ0v) is 12.1. The van der Waals surface area contributed by atoms with E-state index in [9.17, 15) is 4.79 Å². The van der Waals surface area contributed by atoms with Gasteiger partial charge in [0, 0.05) is 11.6 Å². The van der Waals surface area contributed by atoms with E-state index in [2.05, 4.69) is 6.07 Å². The van der Waals surface area contributed by atoms with E-state index in [1.54, 1.807) is 6.20 Å². The molecular formula is C18H14N2O2. The summed E-state index contributed by atoms with van der Waals surface area (Å²) in [4.78, 5) is 12.4. The molecule has 2 aromatic carbocycles. The third kappa shape index (κ3) is 2.57. The van der Waals surface area contributed by atoms with Crippen LogP contribution in [0.2, 0.25) is 0 Å². The second-order valence-corrected chi connectivity index (χ2v) is 5.04. The fourth-order valence-electron chi connectivity index (χ4n) is 2.39. The summed E-state index contributed by atoms with van der Waals surface area (Å²) in [6, 6.07) is 17.0. The van der Waals surface area contributed by atoms with Gasteiger partial charge in [-0.1, -0.05) is 30.3 Å². The largest absolute Gasteiger partial charge is 0.484 e. The first kappa shape index (κ1) is 13.9. The lowest BCUT2D eigenvalue weighted by Crippen LogP contribution is -2.18. The Morgan fingerprint density at radius 3 is 2.82 bits per heavy atom. The van der Waals surface area contributed by atoms with E-state index in [4.69, 9.17) is 10.00 Å². The summed E-state index contributed by atoms with van der Waals surface area (Å²) < 4.78 is 7.02. The van der Waals surface area contributed by atoms with Crippen LogP contribution in [0.15, 0.2) is 54.7 Å². The summed E-state index contributed by atoms with van der Waals surface area (Å²) in [5, 5.41) is 9.94. The number of para-hydroxylation sites is 1. The molecule has 0 atom stereocenters. The van der Waals surface area contributed by atoms with Crippen LogP contribution in [0, 0.1) is 18.3 Å². The van der Waals surface area contributed by atoms with E-state index in [1.165, 1.54) is 4.57 Å². The van der Waals surface area contributed by atoms with E-state index in [-0.39, 0.29) is 12.5 Å². The molecular weight excluding hydrogens is 276 g/mol. The lowest BCUT2D eigenvalue weighted by atomic mass is 10.2. The minimum Gasteiger partial charge on any atom is -0.484 e. The molecule has 3 aromatic rings. The Hall–Kier alpha value is -3.06. The molecule has 4 heteroatoms. The van der Waals surface area contributed by atoms with Crippen molar-refractivity contribution in [2.45, 2.75) is 6.92 Å². The molecule has 0 aliphatic carbocycles. The number of nitrogens with zero attached hydrogens (tertiary/aromatic N) is 2. The van der Waals surface area contributed by atoms with E-state index in [0.717, 1.165) is 16.5 Å². The molecule has 22 heavy (non-hydrogen) atoms. The van der Waals surface area contributed by atoms with Gasteiger partial charge in [0.25, 0.3) is 5.91 Å². The van der Waals surface area contributed by atoms with Gasteiger partial charge in [0.05, 0.1) is 11.1 Å². The van der Waals surface area contributed by atoms with Crippen LogP contribution in [-0.2, 0) is 0 Å². The van der Waals surface area contributed by atoms with Gasteiger partial charge in [0.15, 0.2) is 6.61 Å². The number of aromatic nitrogens is 1. The Morgan fingerprint density at radius 2 is 2.05 bits per heavy atom. The lowest BCUT2D eigenvalue weighted by molar-refractivity contribution is 0.0843. The van der Waals surface area contributed by atoms with Crippen LogP contribution >= 0.6 is 0 Å². The number of aryl methyl sites for hydroxylation is 1. The SMILES string of the molecule is Cc1cccc(OCC(=O)n2cc(C#N)c3ccccc32)c1. The Labute approximate surface area is 128 Å². The average molecular weight is 290 g/mol. The molecule has 1 heterocycles. The van der Waals surface area contributed by atoms with Crippen molar-refractivity contribution in [2.75, 3.05) is 6.61 Å². The molecule has 3 rings (SSSR count). The standard InChI is InChI=1S/C18H14N2O2/c1-13-5-4-6-15(9-13)22-12-18(21)20-11-14(10-19)16-7-2-3-8-17(16)20/h2-9,11H,12H2,1H3. The maximum absolute atomic E-state index is 12.4. The quantitative estimate of drug-likeness (QED) is 0.741. The van der Waals surface area contributed by atoms with Gasteiger partial charge in [-0.2, -0.15) is 5.26 Å². The molecule has 108 valence electrons. The number of benzene rings is 2. The van der Waals surface area contributed by atoms with E-state index < -0.39 is 0 Å². The van der Waals surface area contributed by atoms with Gasteiger partial charge in [-0.25, -0.2) is 0 Å². The number of nitriles is 1. The summed E-state index contributed by atoms with van der Waals surface area (Å²) in [5.74, 6) is 0.449. The molecule has 0 saturated heterocycles. The fourth-order valence-corrected chi connectivity index (χ4v) is 2.39. The van der Waals surface area contributed by atoms with Crippen molar-refractivity contribution in [3.63, 3.8) is 0 Å². The number of carbonyl (C=O) groups excluding carboxylic acids is 1. The van der Waals surface area contributed by atoms with Crippen molar-refractivity contribution >= 4 is 16.8 Å². The van der Waals surface area contributed by atoms with Gasteiger partial charge in [0.2, 0.25) is 0 Å². The Bertz CT molecular complexity index is 887. The van der Waals surface area contributed by atoms with Crippen molar-refractivity contribution in [3.8, 4) is 11.8 Å². The molecule has 0 aliphatic heterocycles. The van der Waals surface area contributed by atoms with Crippen molar-refractivity contribution in [1.82, 2.24) is 4.57 Å². The third-order valence-corrected chi connectivity index (χ3v) is 3.45. The first-order valence-corrected chi connectivity index (χ1v) is 6.92. The maximum atomic E-state index is 12.4. The van der Waals surface area contributed by atoms with Crippen LogP contribution in [0.3, 0.4) is 0 Å². The molecule has 0 unspecified atom stereocenters. The van der Waals surface area contributed by atoms with Gasteiger partial charge >= 0.3 is 0 Å². The van der Waals surface area contributed by atoms with Crippen molar-refractivity contribution in [1.29, 1.82) is 5.26 Å². The first-order chi connectivity index (χ1) is 10.7. The van der Waals surface area contributed by atoms with Crippen LogP contribution in [0.1, 0.15) is 15.9 Å². The predicted molar refractivity (Wildman–Crippen MR) is 84.0 cm³/mol. The minimum absolute atomic E-state index is 0.0764. The average Bonchev–Trinajstić information content (AvgIpc) is 2.92. The number of fused-ring (bicyclic) bond motifs is 1. The molecule has 0 radical (unpaired) electrons. The number of rotatable bonds is 3. The van der Waals surface area contributed by atoms with Crippen molar-refractivity contribution in [2.24, 2.45) is 0 Å². The van der Waals surface area contributed by atoms with Gasteiger partial charge in [-0.15, -0.1) is 0 Å². The fraction of sp³-hybridized carbons (Fsp3) is 0.111. The van der Waals surface area contributed by atoms with Gasteiger partial charge < -0.3 is 4.74 Å². The third-order valence-electron chi connectivity index (χ3n) is 3.45. The predicted octanol–water partition coefficient (Wildman–Crippen LogP) is 3.54. The maximum Gasteiger partial charge on any atom is 0.269 e. The smallest absolute Gasteiger partial charge is 0.269 e. The molecule has 1 aromatic heterocycles. The zero-order chi connectivity index (χ0) is 15.5. The highest BCUT2D eigenvalue weighted by Gasteiger charge is 2.13. The summed E-state index contributed by atoms with van der Waals surface area (Å²) in [6.45, 7) is 1.89. The number of hydrogen-bond donors (Lipinski definition) is 0. The summed E-state index contributed by atoms with van der Waals surface area (Å²) in [6.07, 6.45) is 1.56. The zero-order valence-electron chi connectivity index (χ0n) is 12.1. The van der Waals surface area contributed by atoms with Crippen LogP contribution in [0.25, 0.3) is 10.9 Å². The molecule has 0 fully saturated rings. The van der Waals surface area contributed by atoms with Crippen LogP contribution < -0.4 is 4.74 Å². The highest BCUT2D eigenvalue weighted by molar-refractivity contribution is 5.96. The summed E-state index contributed by atoms with van der Waals surface area (Å²) >= 11 is 0. The number of ether oxygens (including phenoxy) is 1.